The maximum Gasteiger partial charge on any atom is 0.238 e. The molecule has 0 fully saturated rings. The van der Waals surface area contributed by atoms with Gasteiger partial charge in [0.1, 0.15) is 0 Å². The maximum absolute atomic E-state index is 11.4. The van der Waals surface area contributed by atoms with Crippen LogP contribution in [-0.2, 0) is 14.3 Å². The van der Waals surface area contributed by atoms with E-state index in [4.69, 9.17) is 21.6 Å². The van der Waals surface area contributed by atoms with Gasteiger partial charge in [0, 0.05) is 20.6 Å². The molecule has 5 nitrogen and oxygen atoms in total. The average Bonchev–Trinajstić information content (AvgIpc) is 2.19. The first-order valence-corrected chi connectivity index (χ1v) is 4.61. The van der Waals surface area contributed by atoms with Gasteiger partial charge in [0.2, 0.25) is 5.91 Å². The van der Waals surface area contributed by atoms with Crippen molar-refractivity contribution in [3.63, 3.8) is 0 Å². The average molecular weight is 214 g/mol. The molecule has 5 heteroatoms. The van der Waals surface area contributed by atoms with E-state index in [1.165, 1.54) is 14.2 Å². The fourth-order valence-corrected chi connectivity index (χ4v) is 1.12. The molecule has 0 heterocycles. The van der Waals surface area contributed by atoms with E-state index >= 15 is 0 Å². The lowest BCUT2D eigenvalue weighted by Crippen LogP contribution is -2.49. The summed E-state index contributed by atoms with van der Waals surface area (Å²) >= 11 is 0. The normalized spacial score (nSPS) is 14.4. The molecule has 2 atom stereocenters. The zero-order chi connectivity index (χ0) is 11.8. The Hall–Kier alpha value is -1.09. The third-order valence-corrected chi connectivity index (χ3v) is 1.92. The molecule has 0 aromatic rings. The Labute approximate surface area is 90.3 Å². The fourth-order valence-electron chi connectivity index (χ4n) is 1.12. The van der Waals surface area contributed by atoms with Crippen molar-refractivity contribution in [1.82, 2.24) is 5.32 Å². The van der Waals surface area contributed by atoms with Gasteiger partial charge in [-0.3, -0.25) is 4.79 Å². The number of nitrogens with two attached hydrogens (primary N) is 1. The van der Waals surface area contributed by atoms with Gasteiger partial charge >= 0.3 is 0 Å². The first kappa shape index (κ1) is 13.9. The van der Waals surface area contributed by atoms with Gasteiger partial charge in [-0.2, -0.15) is 0 Å². The summed E-state index contributed by atoms with van der Waals surface area (Å²) in [5.41, 5.74) is 5.52. The molecular weight excluding hydrogens is 196 g/mol. The van der Waals surface area contributed by atoms with Crippen LogP contribution < -0.4 is 11.1 Å². The van der Waals surface area contributed by atoms with Gasteiger partial charge in [0.15, 0.2) is 6.29 Å². The SMILES string of the molecule is C#CCC(N)C(=O)NC(C)C(OC)OC. The number of terminal acetylenes is 1. The zero-order valence-electron chi connectivity index (χ0n) is 9.32. The number of methoxy groups -OCH3 is 2. The van der Waals surface area contributed by atoms with Crippen molar-refractivity contribution in [2.75, 3.05) is 14.2 Å². The molecule has 0 aliphatic rings. The van der Waals surface area contributed by atoms with E-state index in [1.807, 2.05) is 0 Å². The highest BCUT2D eigenvalue weighted by molar-refractivity contribution is 5.82. The Bertz CT molecular complexity index is 233. The Morgan fingerprint density at radius 2 is 2.07 bits per heavy atom. The van der Waals surface area contributed by atoms with Gasteiger partial charge in [-0.25, -0.2) is 0 Å². The highest BCUT2D eigenvalue weighted by Gasteiger charge is 2.20. The van der Waals surface area contributed by atoms with Crippen LogP contribution >= 0.6 is 0 Å². The predicted molar refractivity (Wildman–Crippen MR) is 56.8 cm³/mol. The van der Waals surface area contributed by atoms with Crippen molar-refractivity contribution in [3.05, 3.63) is 0 Å². The van der Waals surface area contributed by atoms with Crippen molar-refractivity contribution >= 4 is 5.91 Å². The minimum Gasteiger partial charge on any atom is -0.354 e. The number of rotatable bonds is 6. The van der Waals surface area contributed by atoms with Crippen molar-refractivity contribution in [2.24, 2.45) is 5.73 Å². The zero-order valence-corrected chi connectivity index (χ0v) is 9.32. The summed E-state index contributed by atoms with van der Waals surface area (Å²) in [5, 5.41) is 2.66. The van der Waals surface area contributed by atoms with Crippen LogP contribution in [0.5, 0.6) is 0 Å². The molecule has 0 spiro atoms. The van der Waals surface area contributed by atoms with E-state index in [2.05, 4.69) is 11.2 Å². The molecular formula is C10H18N2O3. The van der Waals surface area contributed by atoms with E-state index in [0.717, 1.165) is 0 Å². The van der Waals surface area contributed by atoms with Crippen LogP contribution in [0.1, 0.15) is 13.3 Å². The van der Waals surface area contributed by atoms with Crippen molar-refractivity contribution in [2.45, 2.75) is 31.7 Å². The van der Waals surface area contributed by atoms with Gasteiger partial charge in [-0.05, 0) is 6.92 Å². The number of nitrogens with one attached hydrogen (secondary N) is 1. The molecule has 86 valence electrons. The standard InChI is InChI=1S/C10H18N2O3/c1-5-6-8(11)9(13)12-7(2)10(14-3)15-4/h1,7-8,10H,6,11H2,2-4H3,(H,12,13). The fraction of sp³-hybridized carbons (Fsp3) is 0.700. The molecule has 1 amide bonds. The molecule has 0 bridgehead atoms. The van der Waals surface area contributed by atoms with Gasteiger partial charge < -0.3 is 20.5 Å². The summed E-state index contributed by atoms with van der Waals surface area (Å²) in [7, 11) is 3.00. The molecule has 0 aliphatic heterocycles. The molecule has 2 unspecified atom stereocenters. The van der Waals surface area contributed by atoms with Crippen LogP contribution in [0.3, 0.4) is 0 Å². The lowest BCUT2D eigenvalue weighted by atomic mass is 10.2. The van der Waals surface area contributed by atoms with Crippen LogP contribution in [0.15, 0.2) is 0 Å². The Balaban J connectivity index is 4.11. The van der Waals surface area contributed by atoms with E-state index in [-0.39, 0.29) is 18.4 Å². The number of ether oxygens (including phenoxy) is 2. The van der Waals surface area contributed by atoms with Crippen LogP contribution in [0, 0.1) is 12.3 Å². The Morgan fingerprint density at radius 3 is 2.47 bits per heavy atom. The summed E-state index contributed by atoms with van der Waals surface area (Å²) < 4.78 is 9.97. The van der Waals surface area contributed by atoms with Crippen molar-refractivity contribution in [1.29, 1.82) is 0 Å². The third-order valence-electron chi connectivity index (χ3n) is 1.92. The monoisotopic (exact) mass is 214 g/mol. The number of amides is 1. The molecule has 0 rings (SSSR count). The second-order valence-electron chi connectivity index (χ2n) is 3.15. The summed E-state index contributed by atoms with van der Waals surface area (Å²) in [6.07, 6.45) is 4.77. The highest BCUT2D eigenvalue weighted by atomic mass is 16.7. The van der Waals surface area contributed by atoms with Crippen LogP contribution in [-0.4, -0.2) is 38.5 Å². The summed E-state index contributed by atoms with van der Waals surface area (Å²) in [6.45, 7) is 1.76. The smallest absolute Gasteiger partial charge is 0.238 e. The van der Waals surface area contributed by atoms with Gasteiger partial charge in [-0.1, -0.05) is 0 Å². The largest absolute Gasteiger partial charge is 0.354 e. The molecule has 3 N–H and O–H groups in total. The molecule has 0 aliphatic carbocycles. The lowest BCUT2D eigenvalue weighted by Gasteiger charge is -2.23. The topological polar surface area (TPSA) is 73.6 Å². The minimum absolute atomic E-state index is 0.211. The van der Waals surface area contributed by atoms with Crippen LogP contribution in [0.25, 0.3) is 0 Å². The molecule has 0 radical (unpaired) electrons. The summed E-state index contributed by atoms with van der Waals surface area (Å²) in [5.74, 6) is 2.02. The highest BCUT2D eigenvalue weighted by Crippen LogP contribution is 1.99. The first-order valence-electron chi connectivity index (χ1n) is 4.61. The number of carbonyl (C=O) groups excluding carboxylic acids is 1. The van der Waals surface area contributed by atoms with Gasteiger partial charge in [0.25, 0.3) is 0 Å². The second-order valence-corrected chi connectivity index (χ2v) is 3.15. The maximum atomic E-state index is 11.4. The third kappa shape index (κ3) is 4.79. The van der Waals surface area contributed by atoms with E-state index in [0.29, 0.717) is 0 Å². The number of hydrogen-bond donors (Lipinski definition) is 2. The molecule has 0 saturated heterocycles. The van der Waals surface area contributed by atoms with Gasteiger partial charge in [0.05, 0.1) is 12.1 Å². The van der Waals surface area contributed by atoms with E-state index in [9.17, 15) is 4.79 Å². The second kappa shape index (κ2) is 7.23. The molecule has 0 saturated carbocycles. The molecule has 15 heavy (non-hydrogen) atoms. The quantitative estimate of drug-likeness (QED) is 0.460. The van der Waals surface area contributed by atoms with Gasteiger partial charge in [-0.15, -0.1) is 12.3 Å². The van der Waals surface area contributed by atoms with Crippen molar-refractivity contribution in [3.8, 4) is 12.3 Å². The lowest BCUT2D eigenvalue weighted by molar-refractivity contribution is -0.136. The number of hydrogen-bond acceptors (Lipinski definition) is 4. The van der Waals surface area contributed by atoms with Crippen molar-refractivity contribution < 1.29 is 14.3 Å². The summed E-state index contributed by atoms with van der Waals surface area (Å²) in [6, 6.07) is -0.969. The Morgan fingerprint density at radius 1 is 1.53 bits per heavy atom. The first-order chi connectivity index (χ1) is 7.06. The van der Waals surface area contributed by atoms with Crippen LogP contribution in [0.4, 0.5) is 0 Å². The Kier molecular flexibility index (Phi) is 6.71. The van der Waals surface area contributed by atoms with E-state index < -0.39 is 12.3 Å². The van der Waals surface area contributed by atoms with E-state index in [1.54, 1.807) is 6.92 Å². The number of carbonyl (C=O) groups is 1. The molecule has 0 aromatic heterocycles. The van der Waals surface area contributed by atoms with Crippen LogP contribution in [0.2, 0.25) is 0 Å². The minimum atomic E-state index is -0.688. The predicted octanol–water partition coefficient (Wildman–Crippen LogP) is -0.539. The summed E-state index contributed by atoms with van der Waals surface area (Å²) in [4.78, 5) is 11.4. The molecule has 0 aromatic carbocycles.